The van der Waals surface area contributed by atoms with E-state index in [4.69, 9.17) is 6.58 Å². The Labute approximate surface area is 127 Å². The Hall–Kier alpha value is -2.88. The fraction of sp³-hybridized carbons (Fsp3) is 0.0556. The van der Waals surface area contributed by atoms with Gasteiger partial charge in [-0.1, -0.05) is 24.8 Å². The summed E-state index contributed by atoms with van der Waals surface area (Å²) in [6.07, 6.45) is 1.39. The van der Waals surface area contributed by atoms with Crippen LogP contribution in [-0.4, -0.2) is 9.13 Å². The molecule has 0 spiro atoms. The molecule has 0 aliphatic carbocycles. The minimum Gasteiger partial charge on any atom is -0.295 e. The van der Waals surface area contributed by atoms with E-state index >= 15 is 0 Å². The van der Waals surface area contributed by atoms with Gasteiger partial charge >= 0.3 is 5.69 Å². The van der Waals surface area contributed by atoms with Crippen LogP contribution < -0.4 is 5.69 Å². The summed E-state index contributed by atoms with van der Waals surface area (Å²) in [6, 6.07) is 15.3. The lowest BCUT2D eigenvalue weighted by molar-refractivity contribution is 0.628. The summed E-state index contributed by atoms with van der Waals surface area (Å²) in [4.78, 5) is 12.6. The molecule has 1 radical (unpaired) electrons. The second-order valence-electron chi connectivity index (χ2n) is 4.92. The predicted octanol–water partition coefficient (Wildman–Crippen LogP) is 3.43. The number of hydrogen-bond acceptors (Lipinski definition) is 1. The molecule has 1 aromatic heterocycles. The van der Waals surface area contributed by atoms with Gasteiger partial charge in [-0.05, 0) is 42.5 Å². The van der Waals surface area contributed by atoms with E-state index in [1.807, 2.05) is 30.3 Å². The molecule has 1 heterocycles. The SMILES string of the molecule is [CH]=Cc1c(-c2ccc(F)cc2)n(-c2ccccc2)c(=O)n1C. The molecule has 3 rings (SSSR count). The summed E-state index contributed by atoms with van der Waals surface area (Å²) in [6.45, 7) is 5.71. The third-order valence-electron chi connectivity index (χ3n) is 3.60. The minimum atomic E-state index is -0.327. The van der Waals surface area contributed by atoms with Crippen LogP contribution in [-0.2, 0) is 7.05 Å². The Morgan fingerprint density at radius 1 is 1.05 bits per heavy atom. The van der Waals surface area contributed by atoms with Crippen molar-refractivity contribution in [3.05, 3.63) is 83.2 Å². The standard InChI is InChI=1S/C18H14FN2O/c1-3-16-17(13-9-11-14(19)12-10-13)21(18(22)20(16)2)15-7-5-4-6-8-15/h1,3-12H,2H3. The Balaban J connectivity index is 2.37. The van der Waals surface area contributed by atoms with Gasteiger partial charge in [0.2, 0.25) is 0 Å². The van der Waals surface area contributed by atoms with Gasteiger partial charge in [0.1, 0.15) is 5.82 Å². The number of aromatic nitrogens is 2. The van der Waals surface area contributed by atoms with Gasteiger partial charge in [0.25, 0.3) is 0 Å². The second kappa shape index (κ2) is 5.48. The van der Waals surface area contributed by atoms with Crippen molar-refractivity contribution in [2.24, 2.45) is 7.05 Å². The lowest BCUT2D eigenvalue weighted by Crippen LogP contribution is -2.21. The number of rotatable bonds is 3. The van der Waals surface area contributed by atoms with Gasteiger partial charge < -0.3 is 0 Å². The van der Waals surface area contributed by atoms with Gasteiger partial charge in [0, 0.05) is 12.6 Å². The van der Waals surface area contributed by atoms with Crippen molar-refractivity contribution in [1.29, 1.82) is 0 Å². The van der Waals surface area contributed by atoms with E-state index in [-0.39, 0.29) is 11.5 Å². The normalized spacial score (nSPS) is 10.6. The quantitative estimate of drug-likeness (QED) is 0.727. The fourth-order valence-corrected chi connectivity index (χ4v) is 2.51. The van der Waals surface area contributed by atoms with Crippen molar-refractivity contribution in [1.82, 2.24) is 9.13 Å². The van der Waals surface area contributed by atoms with Crippen LogP contribution in [0, 0.1) is 12.4 Å². The van der Waals surface area contributed by atoms with Gasteiger partial charge in [-0.3, -0.25) is 9.13 Å². The zero-order chi connectivity index (χ0) is 15.7. The lowest BCUT2D eigenvalue weighted by atomic mass is 10.1. The monoisotopic (exact) mass is 293 g/mol. The van der Waals surface area contributed by atoms with Gasteiger partial charge in [-0.15, -0.1) is 0 Å². The third kappa shape index (κ3) is 2.19. The summed E-state index contributed by atoms with van der Waals surface area (Å²) < 4.78 is 16.2. The Morgan fingerprint density at radius 3 is 2.27 bits per heavy atom. The van der Waals surface area contributed by atoms with Gasteiger partial charge in [-0.25, -0.2) is 9.18 Å². The van der Waals surface area contributed by atoms with E-state index in [1.165, 1.54) is 22.8 Å². The first kappa shape index (κ1) is 14.1. The highest BCUT2D eigenvalue weighted by Crippen LogP contribution is 2.26. The molecular weight excluding hydrogens is 279 g/mol. The first-order chi connectivity index (χ1) is 10.6. The van der Waals surface area contributed by atoms with Gasteiger partial charge in [0.05, 0.1) is 17.1 Å². The van der Waals surface area contributed by atoms with Crippen molar-refractivity contribution in [2.75, 3.05) is 0 Å². The smallest absolute Gasteiger partial charge is 0.295 e. The highest BCUT2D eigenvalue weighted by molar-refractivity contribution is 5.72. The number of imidazole rings is 1. The van der Waals surface area contributed by atoms with Crippen molar-refractivity contribution in [3.8, 4) is 16.9 Å². The number of benzene rings is 2. The molecule has 0 saturated carbocycles. The summed E-state index contributed by atoms with van der Waals surface area (Å²) in [5.41, 5.74) is 2.47. The molecule has 3 nitrogen and oxygen atoms in total. The molecule has 0 unspecified atom stereocenters. The summed E-state index contributed by atoms with van der Waals surface area (Å²) in [5.74, 6) is -0.327. The summed E-state index contributed by atoms with van der Waals surface area (Å²) in [5, 5.41) is 0. The molecule has 0 amide bonds. The van der Waals surface area contributed by atoms with Crippen LogP contribution in [0.1, 0.15) is 5.69 Å². The average molecular weight is 293 g/mol. The van der Waals surface area contributed by atoms with Crippen LogP contribution in [0.25, 0.3) is 23.0 Å². The lowest BCUT2D eigenvalue weighted by Gasteiger charge is -2.08. The molecule has 3 aromatic rings. The predicted molar refractivity (Wildman–Crippen MR) is 85.2 cm³/mol. The Morgan fingerprint density at radius 2 is 1.68 bits per heavy atom. The molecule has 0 aliphatic rings. The van der Waals surface area contributed by atoms with Crippen molar-refractivity contribution in [2.45, 2.75) is 0 Å². The maximum atomic E-state index is 13.2. The molecular formula is C18H14FN2O. The van der Waals surface area contributed by atoms with E-state index in [0.717, 1.165) is 11.3 Å². The second-order valence-corrected chi connectivity index (χ2v) is 4.92. The fourth-order valence-electron chi connectivity index (χ4n) is 2.51. The molecule has 4 heteroatoms. The van der Waals surface area contributed by atoms with Crippen LogP contribution in [0.4, 0.5) is 4.39 Å². The number of hydrogen-bond donors (Lipinski definition) is 0. The molecule has 0 bridgehead atoms. The largest absolute Gasteiger partial charge is 0.333 e. The molecule has 0 N–H and O–H groups in total. The molecule has 0 saturated heterocycles. The van der Waals surface area contributed by atoms with Crippen molar-refractivity contribution >= 4 is 6.08 Å². The number of halogens is 1. The maximum Gasteiger partial charge on any atom is 0.333 e. The summed E-state index contributed by atoms with van der Waals surface area (Å²) >= 11 is 0. The molecule has 109 valence electrons. The Kier molecular flexibility index (Phi) is 3.51. The van der Waals surface area contributed by atoms with E-state index in [2.05, 4.69) is 0 Å². The van der Waals surface area contributed by atoms with Crippen LogP contribution in [0.5, 0.6) is 0 Å². The van der Waals surface area contributed by atoms with Crippen molar-refractivity contribution in [3.63, 3.8) is 0 Å². The van der Waals surface area contributed by atoms with Crippen LogP contribution in [0.15, 0.2) is 59.4 Å². The molecule has 0 atom stereocenters. The van der Waals surface area contributed by atoms with Crippen LogP contribution >= 0.6 is 0 Å². The van der Waals surface area contributed by atoms with Gasteiger partial charge in [0.15, 0.2) is 0 Å². The zero-order valence-corrected chi connectivity index (χ0v) is 12.0. The topological polar surface area (TPSA) is 26.9 Å². The number of nitrogens with zero attached hydrogens (tertiary/aromatic N) is 2. The maximum absolute atomic E-state index is 13.2. The molecule has 0 fully saturated rings. The molecule has 2 aromatic carbocycles. The zero-order valence-electron chi connectivity index (χ0n) is 12.0. The first-order valence-electron chi connectivity index (χ1n) is 6.81. The average Bonchev–Trinajstić information content (AvgIpc) is 2.80. The molecule has 22 heavy (non-hydrogen) atoms. The van der Waals surface area contributed by atoms with Crippen molar-refractivity contribution < 1.29 is 4.39 Å². The molecule has 0 aliphatic heterocycles. The van der Waals surface area contributed by atoms with E-state index in [0.29, 0.717) is 11.4 Å². The third-order valence-corrected chi connectivity index (χ3v) is 3.60. The highest BCUT2D eigenvalue weighted by Gasteiger charge is 2.18. The van der Waals surface area contributed by atoms with Gasteiger partial charge in [-0.2, -0.15) is 0 Å². The Bertz CT molecular complexity index is 874. The van der Waals surface area contributed by atoms with Crippen LogP contribution in [0.3, 0.4) is 0 Å². The first-order valence-corrected chi connectivity index (χ1v) is 6.81. The van der Waals surface area contributed by atoms with E-state index in [1.54, 1.807) is 23.7 Å². The van der Waals surface area contributed by atoms with E-state index in [9.17, 15) is 9.18 Å². The minimum absolute atomic E-state index is 0.206. The summed E-state index contributed by atoms with van der Waals surface area (Å²) in [7, 11) is 1.66. The highest BCUT2D eigenvalue weighted by atomic mass is 19.1. The van der Waals surface area contributed by atoms with Crippen LogP contribution in [0.2, 0.25) is 0 Å². The number of para-hydroxylation sites is 1. The van der Waals surface area contributed by atoms with E-state index < -0.39 is 0 Å².